The van der Waals surface area contributed by atoms with Crippen LogP contribution in [-0.2, 0) is 4.79 Å². The lowest BCUT2D eigenvalue weighted by atomic mass is 10.1. The standard InChI is InChI=1S/C16H18N2O3/c1-3-18(4-2)16(19)13(11-17)9-12-5-6-14-15(10-12)21-8-7-20-14/h5-6,9-10H,3-4,7-8H2,1-2H3/b13-9+. The smallest absolute Gasteiger partial charge is 0.264 e. The molecule has 0 unspecified atom stereocenters. The molecule has 110 valence electrons. The van der Waals surface area contributed by atoms with Crippen molar-refractivity contribution in [3.8, 4) is 17.6 Å². The van der Waals surface area contributed by atoms with E-state index < -0.39 is 0 Å². The topological polar surface area (TPSA) is 62.6 Å². The number of hydrogen-bond donors (Lipinski definition) is 0. The van der Waals surface area contributed by atoms with Crippen molar-refractivity contribution >= 4 is 12.0 Å². The summed E-state index contributed by atoms with van der Waals surface area (Å²) in [5.41, 5.74) is 0.867. The molecule has 1 aliphatic rings. The summed E-state index contributed by atoms with van der Waals surface area (Å²) in [4.78, 5) is 13.8. The lowest BCUT2D eigenvalue weighted by molar-refractivity contribution is -0.126. The highest BCUT2D eigenvalue weighted by Gasteiger charge is 2.16. The maximum atomic E-state index is 12.2. The molecule has 0 radical (unpaired) electrons. The van der Waals surface area contributed by atoms with Crippen LogP contribution in [0, 0.1) is 11.3 Å². The van der Waals surface area contributed by atoms with Crippen LogP contribution in [0.5, 0.6) is 11.5 Å². The van der Waals surface area contributed by atoms with Crippen LogP contribution < -0.4 is 9.47 Å². The number of carbonyl (C=O) groups excluding carboxylic acids is 1. The molecule has 0 saturated carbocycles. The molecule has 0 bridgehead atoms. The number of rotatable bonds is 4. The van der Waals surface area contributed by atoms with Crippen LogP contribution in [0.3, 0.4) is 0 Å². The minimum Gasteiger partial charge on any atom is -0.486 e. The Morgan fingerprint density at radius 2 is 1.95 bits per heavy atom. The number of benzene rings is 1. The SMILES string of the molecule is CCN(CC)C(=O)/C(C#N)=C/c1ccc2c(c1)OCCO2. The number of fused-ring (bicyclic) bond motifs is 1. The number of nitriles is 1. The first-order valence-corrected chi connectivity index (χ1v) is 7.00. The Labute approximate surface area is 124 Å². The molecule has 21 heavy (non-hydrogen) atoms. The summed E-state index contributed by atoms with van der Waals surface area (Å²) in [7, 11) is 0. The zero-order valence-corrected chi connectivity index (χ0v) is 12.3. The van der Waals surface area contributed by atoms with Crippen molar-refractivity contribution in [1.29, 1.82) is 5.26 Å². The van der Waals surface area contributed by atoms with Gasteiger partial charge in [0.2, 0.25) is 0 Å². The van der Waals surface area contributed by atoms with Gasteiger partial charge < -0.3 is 14.4 Å². The molecule has 5 nitrogen and oxygen atoms in total. The predicted molar refractivity (Wildman–Crippen MR) is 79.0 cm³/mol. The lowest BCUT2D eigenvalue weighted by Crippen LogP contribution is -2.31. The van der Waals surface area contributed by atoms with Crippen molar-refractivity contribution in [2.45, 2.75) is 13.8 Å². The second-order valence-electron chi connectivity index (χ2n) is 4.55. The minimum atomic E-state index is -0.252. The highest BCUT2D eigenvalue weighted by molar-refractivity contribution is 6.01. The van der Waals surface area contributed by atoms with Gasteiger partial charge in [0, 0.05) is 13.1 Å². The summed E-state index contributed by atoms with van der Waals surface area (Å²) < 4.78 is 10.9. The van der Waals surface area contributed by atoms with Crippen molar-refractivity contribution < 1.29 is 14.3 Å². The summed E-state index contributed by atoms with van der Waals surface area (Å²) in [5, 5.41) is 9.21. The molecule has 1 aromatic carbocycles. The molecule has 1 aliphatic heterocycles. The molecular weight excluding hydrogens is 268 g/mol. The third-order valence-corrected chi connectivity index (χ3v) is 3.28. The summed E-state index contributed by atoms with van der Waals surface area (Å²) in [5.74, 6) is 1.08. The highest BCUT2D eigenvalue weighted by Crippen LogP contribution is 2.31. The van der Waals surface area contributed by atoms with E-state index in [4.69, 9.17) is 9.47 Å². The van der Waals surface area contributed by atoms with Crippen LogP contribution in [0.15, 0.2) is 23.8 Å². The number of likely N-dealkylation sites (N-methyl/N-ethyl adjacent to an activating group) is 1. The van der Waals surface area contributed by atoms with Crippen LogP contribution in [0.25, 0.3) is 6.08 Å². The molecule has 0 aromatic heterocycles. The number of nitrogens with zero attached hydrogens (tertiary/aromatic N) is 2. The van der Waals surface area contributed by atoms with Crippen molar-refractivity contribution in [1.82, 2.24) is 4.90 Å². The molecule has 0 saturated heterocycles. The van der Waals surface area contributed by atoms with E-state index in [1.165, 1.54) is 0 Å². The molecular formula is C16H18N2O3. The second-order valence-corrected chi connectivity index (χ2v) is 4.55. The van der Waals surface area contributed by atoms with Gasteiger partial charge in [-0.3, -0.25) is 4.79 Å². The van der Waals surface area contributed by atoms with E-state index in [2.05, 4.69) is 0 Å². The largest absolute Gasteiger partial charge is 0.486 e. The Hall–Kier alpha value is -2.48. The van der Waals surface area contributed by atoms with Gasteiger partial charge >= 0.3 is 0 Å². The van der Waals surface area contributed by atoms with Crippen LogP contribution in [0.2, 0.25) is 0 Å². The zero-order chi connectivity index (χ0) is 15.2. The van der Waals surface area contributed by atoms with Crippen LogP contribution in [0.1, 0.15) is 19.4 Å². The van der Waals surface area contributed by atoms with Gasteiger partial charge in [-0.2, -0.15) is 5.26 Å². The van der Waals surface area contributed by atoms with E-state index in [-0.39, 0.29) is 11.5 Å². The highest BCUT2D eigenvalue weighted by atomic mass is 16.6. The number of amides is 1. The van der Waals surface area contributed by atoms with Gasteiger partial charge in [0.15, 0.2) is 11.5 Å². The third-order valence-electron chi connectivity index (χ3n) is 3.28. The van der Waals surface area contributed by atoms with Gasteiger partial charge in [0.05, 0.1) is 0 Å². The van der Waals surface area contributed by atoms with E-state index in [9.17, 15) is 10.1 Å². The molecule has 0 N–H and O–H groups in total. The summed E-state index contributed by atoms with van der Waals surface area (Å²) >= 11 is 0. The normalized spacial score (nSPS) is 13.5. The number of carbonyl (C=O) groups is 1. The first kappa shape index (κ1) is 14.9. The first-order chi connectivity index (χ1) is 10.2. The van der Waals surface area contributed by atoms with Gasteiger partial charge in [-0.15, -0.1) is 0 Å². The average Bonchev–Trinajstić information content (AvgIpc) is 2.53. The van der Waals surface area contributed by atoms with Gasteiger partial charge in [-0.05, 0) is 37.6 Å². The monoisotopic (exact) mass is 286 g/mol. The van der Waals surface area contributed by atoms with Crippen molar-refractivity contribution in [3.63, 3.8) is 0 Å². The second kappa shape index (κ2) is 6.80. The van der Waals surface area contributed by atoms with Crippen LogP contribution >= 0.6 is 0 Å². The fourth-order valence-corrected chi connectivity index (χ4v) is 2.14. The quantitative estimate of drug-likeness (QED) is 0.629. The van der Waals surface area contributed by atoms with E-state index >= 15 is 0 Å². The summed E-state index contributed by atoms with van der Waals surface area (Å²) in [6, 6.07) is 7.35. The fraction of sp³-hybridized carbons (Fsp3) is 0.375. The molecule has 0 fully saturated rings. The molecule has 5 heteroatoms. The van der Waals surface area contributed by atoms with Crippen LogP contribution in [-0.4, -0.2) is 37.1 Å². The first-order valence-electron chi connectivity index (χ1n) is 7.00. The molecule has 0 atom stereocenters. The molecule has 0 spiro atoms. The third kappa shape index (κ3) is 3.34. The Morgan fingerprint density at radius 3 is 2.57 bits per heavy atom. The minimum absolute atomic E-state index is 0.121. The van der Waals surface area contributed by atoms with E-state index in [0.717, 1.165) is 5.56 Å². The van der Waals surface area contributed by atoms with Crippen molar-refractivity contribution in [2.24, 2.45) is 0 Å². The average molecular weight is 286 g/mol. The maximum Gasteiger partial charge on any atom is 0.264 e. The van der Waals surface area contributed by atoms with Crippen LogP contribution in [0.4, 0.5) is 0 Å². The number of ether oxygens (including phenoxy) is 2. The molecule has 1 amide bonds. The Bertz CT molecular complexity index is 598. The van der Waals surface area contributed by atoms with Gasteiger partial charge in [0.25, 0.3) is 5.91 Å². The van der Waals surface area contributed by atoms with Crippen molar-refractivity contribution in [3.05, 3.63) is 29.3 Å². The zero-order valence-electron chi connectivity index (χ0n) is 12.3. The maximum absolute atomic E-state index is 12.2. The molecule has 2 rings (SSSR count). The number of hydrogen-bond acceptors (Lipinski definition) is 4. The van der Waals surface area contributed by atoms with E-state index in [1.807, 2.05) is 19.9 Å². The van der Waals surface area contributed by atoms with Gasteiger partial charge in [-0.25, -0.2) is 0 Å². The van der Waals surface area contributed by atoms with Gasteiger partial charge in [0.1, 0.15) is 24.9 Å². The van der Waals surface area contributed by atoms with E-state index in [0.29, 0.717) is 37.8 Å². The lowest BCUT2D eigenvalue weighted by Gasteiger charge is -2.19. The summed E-state index contributed by atoms with van der Waals surface area (Å²) in [6.07, 6.45) is 1.58. The van der Waals surface area contributed by atoms with Gasteiger partial charge in [-0.1, -0.05) is 6.07 Å². The van der Waals surface area contributed by atoms with Crippen molar-refractivity contribution in [2.75, 3.05) is 26.3 Å². The predicted octanol–water partition coefficient (Wildman–Crippen LogP) is 2.23. The Balaban J connectivity index is 2.28. The molecule has 1 heterocycles. The fourth-order valence-electron chi connectivity index (χ4n) is 2.14. The Kier molecular flexibility index (Phi) is 4.83. The van der Waals surface area contributed by atoms with E-state index in [1.54, 1.807) is 29.2 Å². The molecule has 0 aliphatic carbocycles. The summed E-state index contributed by atoms with van der Waals surface area (Å²) in [6.45, 7) is 5.97. The Morgan fingerprint density at radius 1 is 1.29 bits per heavy atom. The molecule has 1 aromatic rings.